The Hall–Kier alpha value is -4.13. The Morgan fingerprint density at radius 1 is 0.430 bits per heavy atom. The number of hydrogen-bond donors (Lipinski definition) is 9. The van der Waals surface area contributed by atoms with Crippen molar-refractivity contribution in [2.24, 2.45) is 0 Å². The fourth-order valence-corrected chi connectivity index (χ4v) is 9.73. The quantitative estimate of drug-likeness (QED) is 0.0204. The maximum Gasteiger partial charge on any atom is 0.220 e. The normalized spacial score (nSPS) is 24.4. The van der Waals surface area contributed by atoms with Crippen LogP contribution in [0.25, 0.3) is 0 Å². The van der Waals surface area contributed by atoms with Crippen LogP contribution in [0.5, 0.6) is 0 Å². The Morgan fingerprint density at radius 2 is 0.814 bits per heavy atom. The van der Waals surface area contributed by atoms with Gasteiger partial charge in [0.1, 0.15) is 48.8 Å². The number of aliphatic hydroxyl groups is 8. The number of unbranched alkanes of at least 4 members (excludes halogenated alkanes) is 16. The van der Waals surface area contributed by atoms with Crippen LogP contribution in [0.4, 0.5) is 0 Å². The molecule has 9 N–H and O–H groups in total. The lowest BCUT2D eigenvalue weighted by Gasteiger charge is -2.46. The van der Waals surface area contributed by atoms with Gasteiger partial charge < -0.3 is 65.1 Å². The molecule has 2 aliphatic heterocycles. The molecule has 488 valence electrons. The average Bonchev–Trinajstić information content (AvgIpc) is 2.76. The fraction of sp³-hybridized carbons (Fsp3) is 0.653. The van der Waals surface area contributed by atoms with Crippen molar-refractivity contribution in [3.8, 4) is 0 Å². The number of ether oxygens (including phenoxy) is 4. The van der Waals surface area contributed by atoms with Crippen LogP contribution in [0, 0.1) is 0 Å². The summed E-state index contributed by atoms with van der Waals surface area (Å²) in [4.78, 5) is 13.3. The monoisotopic (exact) mass is 1200 g/mol. The minimum absolute atomic E-state index is 0.257. The minimum Gasteiger partial charge on any atom is -0.394 e. The highest BCUT2D eigenvalue weighted by Gasteiger charge is 2.51. The van der Waals surface area contributed by atoms with E-state index in [0.29, 0.717) is 12.8 Å². The Balaban J connectivity index is 1.63. The van der Waals surface area contributed by atoms with Gasteiger partial charge in [-0.3, -0.25) is 4.79 Å². The van der Waals surface area contributed by atoms with Gasteiger partial charge in [-0.1, -0.05) is 230 Å². The van der Waals surface area contributed by atoms with Crippen LogP contribution >= 0.6 is 0 Å². The first kappa shape index (κ1) is 78.0. The average molecular weight is 1200 g/mol. The van der Waals surface area contributed by atoms with Gasteiger partial charge in [-0.2, -0.15) is 0 Å². The molecule has 2 aliphatic rings. The zero-order chi connectivity index (χ0) is 62.3. The summed E-state index contributed by atoms with van der Waals surface area (Å²) in [6.07, 6.45) is 66.2. The number of carbonyl (C=O) groups is 1. The summed E-state index contributed by atoms with van der Waals surface area (Å²) >= 11 is 0. The van der Waals surface area contributed by atoms with Crippen LogP contribution < -0.4 is 5.32 Å². The second-order valence-corrected chi connectivity index (χ2v) is 22.5. The van der Waals surface area contributed by atoms with E-state index < -0.39 is 86.8 Å². The van der Waals surface area contributed by atoms with Crippen molar-refractivity contribution in [3.05, 3.63) is 146 Å². The smallest absolute Gasteiger partial charge is 0.220 e. The van der Waals surface area contributed by atoms with Crippen LogP contribution in [0.3, 0.4) is 0 Å². The van der Waals surface area contributed by atoms with Crippen LogP contribution in [0.1, 0.15) is 206 Å². The van der Waals surface area contributed by atoms with Gasteiger partial charge in [0, 0.05) is 6.42 Å². The first-order valence-electron chi connectivity index (χ1n) is 33.1. The maximum atomic E-state index is 13.3. The largest absolute Gasteiger partial charge is 0.394 e. The molecular weight excluding hydrogens is 1090 g/mol. The van der Waals surface area contributed by atoms with Crippen LogP contribution in [0.15, 0.2) is 146 Å². The highest BCUT2D eigenvalue weighted by Crippen LogP contribution is 2.30. The molecule has 0 bridgehead atoms. The van der Waals surface area contributed by atoms with Gasteiger partial charge in [-0.05, 0) is 116 Å². The van der Waals surface area contributed by atoms with Gasteiger partial charge in [0.15, 0.2) is 12.6 Å². The third-order valence-electron chi connectivity index (χ3n) is 15.0. The van der Waals surface area contributed by atoms with Crippen molar-refractivity contribution < 1.29 is 64.6 Å². The van der Waals surface area contributed by atoms with E-state index in [2.05, 4.69) is 153 Å². The first-order chi connectivity index (χ1) is 42.1. The molecule has 12 unspecified atom stereocenters. The number of rotatable bonds is 51. The predicted octanol–water partition coefficient (Wildman–Crippen LogP) is 12.9. The van der Waals surface area contributed by atoms with Crippen molar-refractivity contribution in [2.75, 3.05) is 19.8 Å². The molecule has 1 amide bonds. The van der Waals surface area contributed by atoms with E-state index in [0.717, 1.165) is 109 Å². The van der Waals surface area contributed by atoms with Crippen molar-refractivity contribution >= 4 is 5.91 Å². The summed E-state index contributed by atoms with van der Waals surface area (Å²) in [5.74, 6) is -0.264. The van der Waals surface area contributed by atoms with Gasteiger partial charge in [-0.15, -0.1) is 0 Å². The SMILES string of the molecule is CC/C=C\C/C=C\C/C=C\C/C=C\C/C=C\C/C=C\C/C=C\C/C=C\C/C=C\CCCCCCCCCCCCCC(=O)NC(COC1OC(CO)C(OC2OC(CO)C(O)C(O)C2O)C(O)C1O)C(O)/C=C/CC/C=C/CC/C=C/CCCCC. The molecule has 14 heteroatoms. The molecule has 0 saturated carbocycles. The van der Waals surface area contributed by atoms with Gasteiger partial charge >= 0.3 is 0 Å². The number of aliphatic hydroxyl groups excluding tert-OH is 8. The molecule has 0 spiro atoms. The summed E-state index contributed by atoms with van der Waals surface area (Å²) in [7, 11) is 0. The molecule has 2 fully saturated rings. The van der Waals surface area contributed by atoms with Crippen LogP contribution in [0.2, 0.25) is 0 Å². The van der Waals surface area contributed by atoms with E-state index in [4.69, 9.17) is 18.9 Å². The molecule has 0 aromatic heterocycles. The Kier molecular flexibility index (Phi) is 49.8. The minimum atomic E-state index is -1.80. The molecule has 0 aromatic rings. The summed E-state index contributed by atoms with van der Waals surface area (Å²) < 4.78 is 22.7. The van der Waals surface area contributed by atoms with E-state index in [9.17, 15) is 45.6 Å². The summed E-state index contributed by atoms with van der Waals surface area (Å²) in [6.45, 7) is 2.60. The summed E-state index contributed by atoms with van der Waals surface area (Å²) in [6, 6.07) is -0.949. The van der Waals surface area contributed by atoms with Crippen molar-refractivity contribution in [2.45, 2.75) is 280 Å². The third kappa shape index (κ3) is 39.0. The number of hydrogen-bond acceptors (Lipinski definition) is 13. The van der Waals surface area contributed by atoms with Crippen LogP contribution in [-0.4, -0.2) is 140 Å². The van der Waals surface area contributed by atoms with E-state index in [1.54, 1.807) is 6.08 Å². The van der Waals surface area contributed by atoms with Gasteiger partial charge in [0.2, 0.25) is 5.91 Å². The third-order valence-corrected chi connectivity index (χ3v) is 15.0. The lowest BCUT2D eigenvalue weighted by molar-refractivity contribution is -0.359. The zero-order valence-electron chi connectivity index (χ0n) is 52.7. The van der Waals surface area contributed by atoms with Crippen molar-refractivity contribution in [1.82, 2.24) is 5.32 Å². The second-order valence-electron chi connectivity index (χ2n) is 22.5. The van der Waals surface area contributed by atoms with E-state index in [1.165, 1.54) is 64.2 Å². The van der Waals surface area contributed by atoms with Gasteiger partial charge in [-0.25, -0.2) is 0 Å². The Morgan fingerprint density at radius 3 is 1.28 bits per heavy atom. The molecule has 2 saturated heterocycles. The fourth-order valence-electron chi connectivity index (χ4n) is 9.73. The molecule has 0 aliphatic carbocycles. The van der Waals surface area contributed by atoms with Crippen LogP contribution in [-0.2, 0) is 23.7 Å². The van der Waals surface area contributed by atoms with E-state index in [1.807, 2.05) is 6.08 Å². The highest BCUT2D eigenvalue weighted by atomic mass is 16.7. The molecule has 0 radical (unpaired) electrons. The standard InChI is InChI=1S/C72H117NO13/c1-3-5-7-9-11-13-15-17-18-19-20-21-22-23-24-25-26-27-28-29-30-31-32-33-34-35-36-37-38-39-40-41-42-44-46-48-50-52-54-56-64(77)73-60(61(76)55-53-51-49-47-45-43-16-14-12-10-8-6-4-2)59-83-71-69(82)67(80)70(63(58-75)85-71)86-72-68(81)66(79)65(78)62(57-74)84-72/h5,7,11-14,17-18,20-21,23-24,26-27,29-30,32-33,35-36,45,47,53,55,60-63,65-72,74-76,78-82H,3-4,6,8-10,15-16,19,22,25,28,31,34,37-44,46,48-52,54,56-59H2,1-2H3,(H,73,77)/b7-5-,13-11-,14-12+,18-17-,21-20-,24-23-,27-26-,30-29-,33-32-,36-35-,47-45+,55-53+. The molecule has 2 rings (SSSR count). The van der Waals surface area contributed by atoms with Crippen molar-refractivity contribution in [3.63, 3.8) is 0 Å². The number of amides is 1. The number of nitrogens with one attached hydrogen (secondary N) is 1. The van der Waals surface area contributed by atoms with E-state index in [-0.39, 0.29) is 18.9 Å². The Bertz CT molecular complexity index is 2000. The first-order valence-corrected chi connectivity index (χ1v) is 33.1. The number of carbonyl (C=O) groups excluding carboxylic acids is 1. The lowest BCUT2D eigenvalue weighted by atomic mass is 9.97. The number of allylic oxidation sites excluding steroid dienone is 23. The molecule has 12 atom stereocenters. The second kappa shape index (κ2) is 55.0. The molecule has 86 heavy (non-hydrogen) atoms. The van der Waals surface area contributed by atoms with Crippen molar-refractivity contribution in [1.29, 1.82) is 0 Å². The Labute approximate surface area is 519 Å². The highest BCUT2D eigenvalue weighted by molar-refractivity contribution is 5.76. The molecule has 14 nitrogen and oxygen atoms in total. The molecule has 0 aromatic carbocycles. The lowest BCUT2D eigenvalue weighted by Crippen LogP contribution is -2.65. The summed E-state index contributed by atoms with van der Waals surface area (Å²) in [5.41, 5.74) is 0. The maximum absolute atomic E-state index is 13.3. The summed E-state index contributed by atoms with van der Waals surface area (Å²) in [5, 5.41) is 87.1. The zero-order valence-corrected chi connectivity index (χ0v) is 52.7. The topological polar surface area (TPSA) is 228 Å². The molecular formula is C72H117NO13. The predicted molar refractivity (Wildman–Crippen MR) is 350 cm³/mol. The molecule has 2 heterocycles. The van der Waals surface area contributed by atoms with Gasteiger partial charge in [0.25, 0.3) is 0 Å². The van der Waals surface area contributed by atoms with Gasteiger partial charge in [0.05, 0.1) is 32.0 Å². The van der Waals surface area contributed by atoms with E-state index >= 15 is 0 Å².